The van der Waals surface area contributed by atoms with E-state index in [4.69, 9.17) is 11.6 Å². The van der Waals surface area contributed by atoms with Gasteiger partial charge in [0.25, 0.3) is 5.56 Å². The van der Waals surface area contributed by atoms with E-state index >= 15 is 0 Å². The van der Waals surface area contributed by atoms with Crippen molar-refractivity contribution in [1.29, 1.82) is 0 Å². The Hall–Kier alpha value is -1.33. The number of hydrogen-bond acceptors (Lipinski definition) is 4. The van der Waals surface area contributed by atoms with Crippen molar-refractivity contribution in [3.8, 4) is 0 Å². The summed E-state index contributed by atoms with van der Waals surface area (Å²) in [6.45, 7) is 3.33. The Balaban J connectivity index is 2.09. The van der Waals surface area contributed by atoms with Crippen LogP contribution in [0, 0.1) is 0 Å². The van der Waals surface area contributed by atoms with Crippen LogP contribution in [0.3, 0.4) is 0 Å². The van der Waals surface area contributed by atoms with Crippen LogP contribution >= 0.6 is 22.9 Å². The summed E-state index contributed by atoms with van der Waals surface area (Å²) < 4.78 is 1.42. The molecular formula is C13H16ClN3OS. The summed E-state index contributed by atoms with van der Waals surface area (Å²) in [6, 6.07) is 2.03. The fourth-order valence-corrected chi connectivity index (χ4v) is 2.53. The topological polar surface area (TPSA) is 46.9 Å². The lowest BCUT2D eigenvalue weighted by atomic mass is 10.3. The summed E-state index contributed by atoms with van der Waals surface area (Å²) >= 11 is 7.72. The maximum Gasteiger partial charge on any atom is 0.287 e. The van der Waals surface area contributed by atoms with Crippen LogP contribution in [-0.4, -0.2) is 9.78 Å². The van der Waals surface area contributed by atoms with Crippen LogP contribution in [-0.2, 0) is 13.1 Å². The van der Waals surface area contributed by atoms with Crippen LogP contribution in [0.25, 0.3) is 0 Å². The smallest absolute Gasteiger partial charge is 0.287 e. The zero-order chi connectivity index (χ0) is 13.7. The molecule has 19 heavy (non-hydrogen) atoms. The van der Waals surface area contributed by atoms with E-state index in [0.29, 0.717) is 18.8 Å². The van der Waals surface area contributed by atoms with Gasteiger partial charge in [-0.1, -0.05) is 24.9 Å². The lowest BCUT2D eigenvalue weighted by molar-refractivity contribution is 0.543. The zero-order valence-electron chi connectivity index (χ0n) is 10.7. The number of halogens is 1. The zero-order valence-corrected chi connectivity index (χ0v) is 12.3. The lowest BCUT2D eigenvalue weighted by Gasteiger charge is -2.09. The minimum atomic E-state index is -0.231. The molecule has 0 aliphatic heterocycles. The van der Waals surface area contributed by atoms with Crippen molar-refractivity contribution in [2.24, 2.45) is 0 Å². The summed E-state index contributed by atoms with van der Waals surface area (Å²) in [5.74, 6) is 0. The quantitative estimate of drug-likeness (QED) is 0.889. The fourth-order valence-electron chi connectivity index (χ4n) is 1.65. The van der Waals surface area contributed by atoms with E-state index in [2.05, 4.69) is 22.7 Å². The van der Waals surface area contributed by atoms with Crippen LogP contribution in [0.5, 0.6) is 0 Å². The van der Waals surface area contributed by atoms with E-state index in [1.807, 2.05) is 11.4 Å². The molecule has 2 aromatic rings. The first-order valence-electron chi connectivity index (χ1n) is 6.23. The van der Waals surface area contributed by atoms with Crippen molar-refractivity contribution in [1.82, 2.24) is 9.78 Å². The first kappa shape index (κ1) is 14.1. The Morgan fingerprint density at radius 1 is 1.53 bits per heavy atom. The number of rotatable bonds is 6. The highest BCUT2D eigenvalue weighted by Crippen LogP contribution is 2.17. The van der Waals surface area contributed by atoms with Crippen molar-refractivity contribution >= 4 is 28.6 Å². The molecule has 0 fully saturated rings. The van der Waals surface area contributed by atoms with Gasteiger partial charge in [-0.15, -0.1) is 0 Å². The Bertz CT molecular complexity index is 580. The molecule has 0 aliphatic rings. The minimum Gasteiger partial charge on any atom is -0.378 e. The Morgan fingerprint density at radius 2 is 2.37 bits per heavy atom. The average molecular weight is 298 g/mol. The number of aromatic nitrogens is 2. The number of nitrogens with zero attached hydrogens (tertiary/aromatic N) is 2. The Kier molecular flexibility index (Phi) is 4.99. The second-order valence-corrected chi connectivity index (χ2v) is 5.40. The largest absolute Gasteiger partial charge is 0.378 e. The normalized spacial score (nSPS) is 10.6. The minimum absolute atomic E-state index is 0.210. The molecule has 0 aliphatic carbocycles. The number of anilines is 1. The SMILES string of the molecule is CCCCn1ncc(NCc2ccsc2)c(Cl)c1=O. The van der Waals surface area contributed by atoms with Crippen LogP contribution in [0.4, 0.5) is 5.69 Å². The van der Waals surface area contributed by atoms with Crippen LogP contribution in [0.1, 0.15) is 25.3 Å². The molecule has 0 saturated heterocycles. The molecule has 1 N–H and O–H groups in total. The van der Waals surface area contributed by atoms with Crippen molar-refractivity contribution in [2.45, 2.75) is 32.9 Å². The molecule has 0 aromatic carbocycles. The van der Waals surface area contributed by atoms with Crippen molar-refractivity contribution in [2.75, 3.05) is 5.32 Å². The fraction of sp³-hybridized carbons (Fsp3) is 0.385. The van der Waals surface area contributed by atoms with E-state index in [9.17, 15) is 4.79 Å². The second kappa shape index (κ2) is 6.73. The molecule has 0 amide bonds. The maximum absolute atomic E-state index is 12.0. The third-order valence-electron chi connectivity index (χ3n) is 2.77. The number of thiophene rings is 1. The van der Waals surface area contributed by atoms with Gasteiger partial charge in [-0.25, -0.2) is 4.68 Å². The predicted octanol–water partition coefficient (Wildman–Crippen LogP) is 3.37. The summed E-state index contributed by atoms with van der Waals surface area (Å²) in [6.07, 6.45) is 3.56. The van der Waals surface area contributed by atoms with Gasteiger partial charge in [0.1, 0.15) is 5.02 Å². The molecule has 2 rings (SSSR count). The molecule has 102 valence electrons. The predicted molar refractivity (Wildman–Crippen MR) is 80.1 cm³/mol. The van der Waals surface area contributed by atoms with Crippen LogP contribution < -0.4 is 10.9 Å². The molecular weight excluding hydrogens is 282 g/mol. The Labute approximate surface area is 121 Å². The van der Waals surface area contributed by atoms with Gasteiger partial charge in [-0.2, -0.15) is 16.4 Å². The molecule has 0 radical (unpaired) electrons. The van der Waals surface area contributed by atoms with Crippen molar-refractivity contribution in [3.05, 3.63) is 44.0 Å². The van der Waals surface area contributed by atoms with Crippen LogP contribution in [0.2, 0.25) is 5.02 Å². The first-order valence-corrected chi connectivity index (χ1v) is 7.55. The van der Waals surface area contributed by atoms with Gasteiger partial charge >= 0.3 is 0 Å². The lowest BCUT2D eigenvalue weighted by Crippen LogP contribution is -2.24. The molecule has 0 spiro atoms. The molecule has 0 unspecified atom stereocenters. The highest BCUT2D eigenvalue weighted by Gasteiger charge is 2.08. The Morgan fingerprint density at radius 3 is 3.05 bits per heavy atom. The monoisotopic (exact) mass is 297 g/mol. The van der Waals surface area contributed by atoms with E-state index in [1.54, 1.807) is 17.5 Å². The van der Waals surface area contributed by atoms with E-state index in [0.717, 1.165) is 18.4 Å². The highest BCUT2D eigenvalue weighted by atomic mass is 35.5. The molecule has 0 saturated carbocycles. The van der Waals surface area contributed by atoms with Gasteiger partial charge in [-0.05, 0) is 28.8 Å². The van der Waals surface area contributed by atoms with E-state index in [-0.39, 0.29) is 10.6 Å². The first-order chi connectivity index (χ1) is 9.22. The van der Waals surface area contributed by atoms with Gasteiger partial charge < -0.3 is 5.32 Å². The van der Waals surface area contributed by atoms with Gasteiger partial charge in [0, 0.05) is 13.1 Å². The number of hydrogen-bond donors (Lipinski definition) is 1. The van der Waals surface area contributed by atoms with Crippen molar-refractivity contribution in [3.63, 3.8) is 0 Å². The van der Waals surface area contributed by atoms with Gasteiger partial charge in [0.15, 0.2) is 0 Å². The standard InChI is InChI=1S/C13H16ClN3OS/c1-2-3-5-17-13(18)12(14)11(8-16-17)15-7-10-4-6-19-9-10/h4,6,8-9,15H,2-3,5,7H2,1H3. The number of aryl methyl sites for hydroxylation is 1. The van der Waals surface area contributed by atoms with Gasteiger partial charge in [0.2, 0.25) is 0 Å². The van der Waals surface area contributed by atoms with Crippen LogP contribution in [0.15, 0.2) is 27.8 Å². The van der Waals surface area contributed by atoms with Gasteiger partial charge in [0.05, 0.1) is 11.9 Å². The van der Waals surface area contributed by atoms with E-state index in [1.165, 1.54) is 4.68 Å². The summed E-state index contributed by atoms with van der Waals surface area (Å²) in [4.78, 5) is 12.0. The second-order valence-electron chi connectivity index (χ2n) is 4.24. The molecule has 6 heteroatoms. The summed E-state index contributed by atoms with van der Waals surface area (Å²) in [5, 5.41) is 11.6. The molecule has 2 heterocycles. The third kappa shape index (κ3) is 3.58. The molecule has 0 bridgehead atoms. The highest BCUT2D eigenvalue weighted by molar-refractivity contribution is 7.07. The number of unbranched alkanes of at least 4 members (excludes halogenated alkanes) is 1. The number of nitrogens with one attached hydrogen (secondary N) is 1. The van der Waals surface area contributed by atoms with Gasteiger partial charge in [-0.3, -0.25) is 4.79 Å². The van der Waals surface area contributed by atoms with E-state index < -0.39 is 0 Å². The summed E-state index contributed by atoms with van der Waals surface area (Å²) in [7, 11) is 0. The molecule has 0 atom stereocenters. The van der Waals surface area contributed by atoms with Crippen molar-refractivity contribution < 1.29 is 0 Å². The molecule has 4 nitrogen and oxygen atoms in total. The summed E-state index contributed by atoms with van der Waals surface area (Å²) in [5.41, 5.74) is 1.52. The average Bonchev–Trinajstić information content (AvgIpc) is 2.92. The third-order valence-corrected chi connectivity index (χ3v) is 3.87. The maximum atomic E-state index is 12.0. The molecule has 2 aromatic heterocycles.